The molecule has 80 heavy (non-hydrogen) atoms. The van der Waals surface area contributed by atoms with Gasteiger partial charge in [-0.05, 0) is 116 Å². The number of nitrogens with zero attached hydrogens (tertiary/aromatic N) is 4. The largest absolute Gasteiger partial charge is 1.00 e. The predicted molar refractivity (Wildman–Crippen MR) is 323 cm³/mol. The molecule has 2 aliphatic heterocycles. The molecule has 8 aromatic rings. The van der Waals surface area contributed by atoms with Crippen LogP contribution in [0.3, 0.4) is 0 Å². The van der Waals surface area contributed by atoms with E-state index in [0.29, 0.717) is 23.6 Å². The van der Waals surface area contributed by atoms with Gasteiger partial charge in [-0.25, -0.2) is 0 Å². The van der Waals surface area contributed by atoms with Crippen molar-refractivity contribution in [3.63, 3.8) is 0 Å². The molecule has 0 bridgehead atoms. The fraction of sp³-hybridized carbons (Fsp3) is 0.278. The number of allylic oxidation sites excluding steroid dienone is 1. The summed E-state index contributed by atoms with van der Waals surface area (Å²) in [7, 11) is 0. The summed E-state index contributed by atoms with van der Waals surface area (Å²) in [6, 6.07) is 73.8. The van der Waals surface area contributed by atoms with Gasteiger partial charge in [-0.2, -0.15) is 13.3 Å². The molecule has 0 amide bonds. The van der Waals surface area contributed by atoms with Crippen molar-refractivity contribution in [3.05, 3.63) is 276 Å². The Balaban J connectivity index is 0.000000189. The van der Waals surface area contributed by atoms with E-state index in [2.05, 4.69) is 263 Å². The fourth-order valence-electron chi connectivity index (χ4n) is 14.1. The summed E-state index contributed by atoms with van der Waals surface area (Å²) in [5.74, 6) is 1.58. The maximum Gasteiger partial charge on any atom is 1.00 e. The molecule has 1 saturated carbocycles. The average Bonchev–Trinajstić information content (AvgIpc) is 4.26. The second kappa shape index (κ2) is 26.3. The Kier molecular flexibility index (Phi) is 19.3. The standard InChI is InChI=1S/C36H39N2O.C36H37N2O.2Ag/c2*1-25-22-26(2)34(27(3)23-25)38-24-37(32-20-12-10-18-30(32)31-19-11-13-21-33(31)39)35(28-14-6-4-7-15-28)36(38)29-16-8-5-9-17-29;;/h4-10,12,14-18,20,22-24,31,33,35-36,39H,11,13,19,21H2,1-3H3;4-22,24-25,27,34-36,39H,23H2,1-3H3;;/q2*-1;2*+1/t31-,33+,35-,36-;25-,27-,34+,35+,36+;;/m01../s1. The smallest absolute Gasteiger partial charge is 0.507 e. The van der Waals surface area contributed by atoms with E-state index in [1.165, 1.54) is 74.3 Å². The molecule has 6 nitrogen and oxygen atoms in total. The molecule has 3 fully saturated rings. The first-order valence-corrected chi connectivity index (χ1v) is 28.5. The van der Waals surface area contributed by atoms with E-state index in [1.807, 2.05) is 18.2 Å². The quantitative estimate of drug-likeness (QED) is 0.0809. The summed E-state index contributed by atoms with van der Waals surface area (Å²) in [6.07, 6.45) is 7.55. The summed E-state index contributed by atoms with van der Waals surface area (Å²) in [5.41, 5.74) is 17.2. The number of aromatic hydroxyl groups is 1. The van der Waals surface area contributed by atoms with Crippen LogP contribution in [0.15, 0.2) is 218 Å². The summed E-state index contributed by atoms with van der Waals surface area (Å²) >= 11 is 0. The van der Waals surface area contributed by atoms with Crippen LogP contribution in [0.4, 0.5) is 17.1 Å². The third kappa shape index (κ3) is 12.0. The number of aryl methyl sites for hydroxylation is 3. The maximum absolute atomic E-state index is 11.1. The van der Waals surface area contributed by atoms with Gasteiger partial charge < -0.3 is 29.8 Å². The van der Waals surface area contributed by atoms with Gasteiger partial charge in [0.25, 0.3) is 0 Å². The van der Waals surface area contributed by atoms with Crippen LogP contribution in [0, 0.1) is 45.9 Å². The van der Waals surface area contributed by atoms with Gasteiger partial charge in [0.1, 0.15) is 5.75 Å². The van der Waals surface area contributed by atoms with Crippen molar-refractivity contribution in [3.8, 4) is 16.9 Å². The average molecular weight is 1250 g/mol. The second-order valence-electron chi connectivity index (χ2n) is 22.7. The van der Waals surface area contributed by atoms with Crippen LogP contribution in [0.2, 0.25) is 0 Å². The zero-order chi connectivity index (χ0) is 53.9. The molecule has 2 saturated heterocycles. The Morgan fingerprint density at radius 3 is 1.46 bits per heavy atom. The molecule has 0 radical (unpaired) electrons. The van der Waals surface area contributed by atoms with Crippen molar-refractivity contribution < 1.29 is 55.0 Å². The molecular formula is C72H76Ag2N4O2. The minimum absolute atomic E-state index is 0. The van der Waals surface area contributed by atoms with Gasteiger partial charge in [-0.3, -0.25) is 0 Å². The molecule has 2 heterocycles. The van der Waals surface area contributed by atoms with Crippen LogP contribution < -0.4 is 14.7 Å². The Bertz CT molecular complexity index is 3300. The number of hydrogen-bond acceptors (Lipinski definition) is 6. The normalized spacial score (nSPS) is 23.8. The number of phenols is 1. The fourth-order valence-corrected chi connectivity index (χ4v) is 14.1. The molecule has 9 atom stereocenters. The number of rotatable bonds is 10. The molecule has 0 unspecified atom stereocenters. The zero-order valence-electron chi connectivity index (χ0n) is 46.9. The van der Waals surface area contributed by atoms with Crippen LogP contribution in [0.25, 0.3) is 11.1 Å². The van der Waals surface area contributed by atoms with E-state index in [4.69, 9.17) is 0 Å². The van der Waals surface area contributed by atoms with E-state index < -0.39 is 0 Å². The van der Waals surface area contributed by atoms with Crippen LogP contribution >= 0.6 is 0 Å². The number of benzene rings is 8. The molecule has 12 rings (SSSR count). The topological polar surface area (TPSA) is 53.4 Å². The van der Waals surface area contributed by atoms with E-state index >= 15 is 0 Å². The molecule has 0 spiro atoms. The first-order chi connectivity index (χ1) is 38.0. The number of aliphatic hydroxyl groups is 1. The third-order valence-electron chi connectivity index (χ3n) is 17.1. The van der Waals surface area contributed by atoms with Crippen LogP contribution in [0.5, 0.6) is 5.75 Å². The van der Waals surface area contributed by atoms with Gasteiger partial charge in [0, 0.05) is 52.2 Å². The van der Waals surface area contributed by atoms with E-state index in [0.717, 1.165) is 36.1 Å². The van der Waals surface area contributed by atoms with E-state index in [1.54, 1.807) is 6.07 Å². The molecule has 8 heteroatoms. The van der Waals surface area contributed by atoms with Crippen LogP contribution in [-0.4, -0.2) is 27.3 Å². The number of phenolic OH excluding ortho intramolecular Hbond substituents is 1. The number of aliphatic hydroxyl groups excluding tert-OH is 1. The van der Waals surface area contributed by atoms with Crippen molar-refractivity contribution in [2.75, 3.05) is 14.7 Å². The maximum atomic E-state index is 11.1. The van der Waals surface area contributed by atoms with Gasteiger partial charge in [0.15, 0.2) is 0 Å². The summed E-state index contributed by atoms with van der Waals surface area (Å²) in [5, 5.41) is 21.9. The molecule has 2 aliphatic carbocycles. The molecule has 418 valence electrons. The Morgan fingerprint density at radius 1 is 0.463 bits per heavy atom. The third-order valence-corrected chi connectivity index (χ3v) is 17.1. The SMILES string of the molecule is CC1=C[C@@H](C)C[C@@H](C)[C@H]1N1[CH-]N(c2ccccc2-c2ccccc2O)[C@@H](c2ccccc2)[C@@H]1c1ccccc1.Cc1cc(C)c(N2[CH-]N(c3ccccc3[C@@H]3CCCC[C@H]3O)[C@@H](c3ccccc3)[C@@H]2c2ccccc2)c(C)c1.[Ag+].[Ag+]. The molecule has 0 aromatic heterocycles. The van der Waals surface area contributed by atoms with Crippen LogP contribution in [0.1, 0.15) is 127 Å². The second-order valence-corrected chi connectivity index (χ2v) is 22.7. The van der Waals surface area contributed by atoms with Gasteiger partial charge >= 0.3 is 44.8 Å². The van der Waals surface area contributed by atoms with Crippen molar-refractivity contribution >= 4 is 17.1 Å². The molecule has 2 N–H and O–H groups in total. The summed E-state index contributed by atoms with van der Waals surface area (Å²) in [4.78, 5) is 10.1. The van der Waals surface area contributed by atoms with Gasteiger partial charge in [-0.15, -0.1) is 0 Å². The van der Waals surface area contributed by atoms with Crippen molar-refractivity contribution in [1.29, 1.82) is 0 Å². The van der Waals surface area contributed by atoms with Crippen molar-refractivity contribution in [1.82, 2.24) is 4.90 Å². The number of anilines is 3. The van der Waals surface area contributed by atoms with E-state index in [-0.39, 0.29) is 80.9 Å². The zero-order valence-corrected chi connectivity index (χ0v) is 49.8. The number of hydrogen-bond donors (Lipinski definition) is 2. The monoisotopic (exact) mass is 1240 g/mol. The molecule has 8 aromatic carbocycles. The minimum Gasteiger partial charge on any atom is -0.507 e. The van der Waals surface area contributed by atoms with E-state index in [9.17, 15) is 10.2 Å². The Hall–Kier alpha value is -5.90. The molecule has 4 aliphatic rings. The Morgan fingerprint density at radius 2 is 0.912 bits per heavy atom. The van der Waals surface area contributed by atoms with Gasteiger partial charge in [-0.1, -0.05) is 232 Å². The van der Waals surface area contributed by atoms with Gasteiger partial charge in [0.2, 0.25) is 0 Å². The predicted octanol–water partition coefficient (Wildman–Crippen LogP) is 17.3. The van der Waals surface area contributed by atoms with Crippen molar-refractivity contribution in [2.24, 2.45) is 11.8 Å². The van der Waals surface area contributed by atoms with Gasteiger partial charge in [0.05, 0.1) is 18.2 Å². The summed E-state index contributed by atoms with van der Waals surface area (Å²) in [6.45, 7) is 18.4. The van der Waals surface area contributed by atoms with Crippen molar-refractivity contribution in [2.45, 2.75) is 116 Å². The first kappa shape index (κ1) is 58.7. The summed E-state index contributed by atoms with van der Waals surface area (Å²) < 4.78 is 0. The first-order valence-electron chi connectivity index (χ1n) is 28.5. The number of para-hydroxylation sites is 3. The molecular weight excluding hydrogens is 1170 g/mol. The Labute approximate surface area is 508 Å². The van der Waals surface area contributed by atoms with Crippen LogP contribution in [-0.2, 0) is 44.8 Å². The minimum atomic E-state index is -0.291.